The van der Waals surface area contributed by atoms with Gasteiger partial charge in [0.1, 0.15) is 0 Å². The van der Waals surface area contributed by atoms with E-state index in [0.717, 1.165) is 37.3 Å². The molecule has 2 fully saturated rings. The Balaban J connectivity index is 1.65. The average molecular weight is 224 g/mol. The highest BCUT2D eigenvalue weighted by Crippen LogP contribution is 2.42. The van der Waals surface area contributed by atoms with Crippen LogP contribution >= 0.6 is 0 Å². The first kappa shape index (κ1) is 12.4. The van der Waals surface area contributed by atoms with E-state index in [2.05, 4.69) is 5.32 Å². The highest BCUT2D eigenvalue weighted by molar-refractivity contribution is 4.83. The van der Waals surface area contributed by atoms with Crippen LogP contribution in [0.2, 0.25) is 0 Å². The van der Waals surface area contributed by atoms with E-state index in [-0.39, 0.29) is 0 Å². The lowest BCUT2D eigenvalue weighted by molar-refractivity contribution is 0.129. The van der Waals surface area contributed by atoms with Gasteiger partial charge in [-0.2, -0.15) is 0 Å². The summed E-state index contributed by atoms with van der Waals surface area (Å²) in [5, 5.41) is 3.57. The van der Waals surface area contributed by atoms with Gasteiger partial charge in [-0.25, -0.2) is 0 Å². The molecule has 3 N–H and O–H groups in total. The predicted molar refractivity (Wildman–Crippen MR) is 69.3 cm³/mol. The van der Waals surface area contributed by atoms with Gasteiger partial charge < -0.3 is 11.1 Å². The van der Waals surface area contributed by atoms with Crippen LogP contribution in [-0.2, 0) is 0 Å². The molecule has 2 rings (SSSR count). The normalized spacial score (nSPS) is 34.7. The first-order chi connectivity index (χ1) is 7.90. The number of hydrogen-bond donors (Lipinski definition) is 2. The van der Waals surface area contributed by atoms with E-state index in [1.54, 1.807) is 0 Å². The van der Waals surface area contributed by atoms with Crippen molar-refractivity contribution in [3.8, 4) is 0 Å². The third-order valence-electron chi connectivity index (χ3n) is 4.64. The number of hydrogen-bond acceptors (Lipinski definition) is 2. The van der Waals surface area contributed by atoms with Crippen LogP contribution in [0.15, 0.2) is 0 Å². The molecule has 3 unspecified atom stereocenters. The van der Waals surface area contributed by atoms with Gasteiger partial charge in [-0.3, -0.25) is 0 Å². The largest absolute Gasteiger partial charge is 0.330 e. The van der Waals surface area contributed by atoms with E-state index in [4.69, 9.17) is 5.73 Å². The highest BCUT2D eigenvalue weighted by atomic mass is 14.9. The molecule has 0 aromatic heterocycles. The number of rotatable bonds is 5. The molecule has 0 bridgehead atoms. The summed E-state index contributed by atoms with van der Waals surface area (Å²) >= 11 is 0. The van der Waals surface area contributed by atoms with Gasteiger partial charge >= 0.3 is 0 Å². The van der Waals surface area contributed by atoms with E-state index < -0.39 is 0 Å². The molecular weight excluding hydrogens is 196 g/mol. The molecule has 3 atom stereocenters. The smallest absolute Gasteiger partial charge is 0.00204 e. The lowest BCUT2D eigenvalue weighted by Crippen LogP contribution is -2.33. The zero-order valence-corrected chi connectivity index (χ0v) is 10.6. The summed E-state index contributed by atoms with van der Waals surface area (Å²) in [6.45, 7) is 3.17. The Morgan fingerprint density at radius 2 is 1.81 bits per heavy atom. The highest BCUT2D eigenvalue weighted by Gasteiger charge is 2.31. The number of fused-ring (bicyclic) bond motifs is 1. The Morgan fingerprint density at radius 1 is 1.00 bits per heavy atom. The first-order valence-electron chi connectivity index (χ1n) is 7.31. The Kier molecular flexibility index (Phi) is 5.11. The molecule has 2 nitrogen and oxygen atoms in total. The van der Waals surface area contributed by atoms with Crippen LogP contribution < -0.4 is 11.1 Å². The molecule has 2 heteroatoms. The van der Waals surface area contributed by atoms with Crippen molar-refractivity contribution in [2.45, 2.75) is 51.4 Å². The van der Waals surface area contributed by atoms with Crippen molar-refractivity contribution >= 4 is 0 Å². The van der Waals surface area contributed by atoms with Crippen molar-refractivity contribution in [1.82, 2.24) is 5.32 Å². The fourth-order valence-corrected chi connectivity index (χ4v) is 3.69. The Hall–Kier alpha value is -0.0800. The van der Waals surface area contributed by atoms with E-state index in [0.29, 0.717) is 0 Å². The maximum absolute atomic E-state index is 5.50. The van der Waals surface area contributed by atoms with Crippen LogP contribution in [0.4, 0.5) is 0 Å². The molecule has 16 heavy (non-hydrogen) atoms. The standard InChI is InChI=1S/C14H28N2/c15-8-3-9-16-11-12-6-7-13-4-1-2-5-14(13)10-12/h12-14,16H,1-11,15H2. The van der Waals surface area contributed by atoms with Crippen LogP contribution in [0.5, 0.6) is 0 Å². The summed E-state index contributed by atoms with van der Waals surface area (Å²) in [4.78, 5) is 0. The number of nitrogens with two attached hydrogens (primary N) is 1. The van der Waals surface area contributed by atoms with Crippen LogP contribution in [0.25, 0.3) is 0 Å². The summed E-state index contributed by atoms with van der Waals surface area (Å²) < 4.78 is 0. The van der Waals surface area contributed by atoms with Crippen molar-refractivity contribution in [2.75, 3.05) is 19.6 Å². The molecule has 2 aliphatic carbocycles. The maximum Gasteiger partial charge on any atom is -0.00204 e. The fraction of sp³-hybridized carbons (Fsp3) is 1.00. The zero-order chi connectivity index (χ0) is 11.2. The van der Waals surface area contributed by atoms with E-state index in [1.807, 2.05) is 0 Å². The SMILES string of the molecule is NCCCNCC1CCC2CCCCC2C1. The monoisotopic (exact) mass is 224 g/mol. The first-order valence-corrected chi connectivity index (χ1v) is 7.31. The molecule has 0 aliphatic heterocycles. The Morgan fingerprint density at radius 3 is 2.62 bits per heavy atom. The molecule has 0 heterocycles. The predicted octanol–water partition coefficient (Wildman–Crippen LogP) is 2.53. The van der Waals surface area contributed by atoms with Crippen LogP contribution in [0.3, 0.4) is 0 Å². The van der Waals surface area contributed by atoms with Crippen molar-refractivity contribution in [3.63, 3.8) is 0 Å². The van der Waals surface area contributed by atoms with Gasteiger partial charge in [0.15, 0.2) is 0 Å². The summed E-state index contributed by atoms with van der Waals surface area (Å²) in [5.74, 6) is 3.12. The van der Waals surface area contributed by atoms with Gasteiger partial charge in [-0.15, -0.1) is 0 Å². The molecule has 0 aromatic carbocycles. The quantitative estimate of drug-likeness (QED) is 0.704. The summed E-state index contributed by atoms with van der Waals surface area (Å²) in [6.07, 6.45) is 11.6. The number of nitrogens with one attached hydrogen (secondary N) is 1. The molecular formula is C14H28N2. The fourth-order valence-electron chi connectivity index (χ4n) is 3.69. The molecule has 0 radical (unpaired) electrons. The third kappa shape index (κ3) is 3.46. The van der Waals surface area contributed by atoms with E-state index in [9.17, 15) is 0 Å². The Labute approximate surface area is 100 Å². The van der Waals surface area contributed by atoms with Gasteiger partial charge in [0.2, 0.25) is 0 Å². The molecule has 0 amide bonds. The molecule has 0 aromatic rings. The van der Waals surface area contributed by atoms with Crippen LogP contribution in [-0.4, -0.2) is 19.6 Å². The second kappa shape index (κ2) is 6.61. The minimum absolute atomic E-state index is 0.822. The third-order valence-corrected chi connectivity index (χ3v) is 4.64. The minimum atomic E-state index is 0.822. The minimum Gasteiger partial charge on any atom is -0.330 e. The summed E-state index contributed by atoms with van der Waals surface area (Å²) in [7, 11) is 0. The van der Waals surface area contributed by atoms with Crippen molar-refractivity contribution in [3.05, 3.63) is 0 Å². The summed E-state index contributed by atoms with van der Waals surface area (Å²) in [6, 6.07) is 0. The van der Waals surface area contributed by atoms with Crippen molar-refractivity contribution in [1.29, 1.82) is 0 Å². The van der Waals surface area contributed by atoms with Crippen LogP contribution in [0, 0.1) is 17.8 Å². The topological polar surface area (TPSA) is 38.0 Å². The van der Waals surface area contributed by atoms with Gasteiger partial charge in [-0.05, 0) is 63.1 Å². The van der Waals surface area contributed by atoms with Crippen molar-refractivity contribution < 1.29 is 0 Å². The molecule has 94 valence electrons. The van der Waals surface area contributed by atoms with Gasteiger partial charge in [0.25, 0.3) is 0 Å². The second-order valence-corrected chi connectivity index (χ2v) is 5.83. The lowest BCUT2D eigenvalue weighted by Gasteiger charge is -2.39. The molecule has 0 spiro atoms. The molecule has 2 saturated carbocycles. The molecule has 0 saturated heterocycles. The average Bonchev–Trinajstić information content (AvgIpc) is 2.34. The van der Waals surface area contributed by atoms with Gasteiger partial charge in [-0.1, -0.05) is 25.7 Å². The summed E-state index contributed by atoms with van der Waals surface area (Å²) in [5.41, 5.74) is 5.50. The van der Waals surface area contributed by atoms with E-state index >= 15 is 0 Å². The van der Waals surface area contributed by atoms with Crippen LogP contribution in [0.1, 0.15) is 51.4 Å². The second-order valence-electron chi connectivity index (χ2n) is 5.83. The molecule has 2 aliphatic rings. The zero-order valence-electron chi connectivity index (χ0n) is 10.6. The van der Waals surface area contributed by atoms with E-state index in [1.165, 1.54) is 51.5 Å². The lowest BCUT2D eigenvalue weighted by atomic mass is 9.67. The Bertz CT molecular complexity index is 193. The maximum atomic E-state index is 5.50. The van der Waals surface area contributed by atoms with Gasteiger partial charge in [0, 0.05) is 0 Å². The van der Waals surface area contributed by atoms with Crippen molar-refractivity contribution in [2.24, 2.45) is 23.5 Å². The van der Waals surface area contributed by atoms with Gasteiger partial charge in [0.05, 0.1) is 0 Å².